The van der Waals surface area contributed by atoms with Crippen molar-refractivity contribution in [2.24, 2.45) is 5.73 Å². The number of aromatic amines is 1. The number of fused-ring (bicyclic) bond motifs is 1. The minimum absolute atomic E-state index is 0.351. The van der Waals surface area contributed by atoms with Crippen LogP contribution in [0.3, 0.4) is 0 Å². The van der Waals surface area contributed by atoms with Crippen LogP contribution < -0.4 is 5.73 Å². The Hall–Kier alpha value is -2.69. The molecule has 3 N–H and O–H groups in total. The highest BCUT2D eigenvalue weighted by Gasteiger charge is 2.15. The van der Waals surface area contributed by atoms with Crippen molar-refractivity contribution in [1.29, 1.82) is 0 Å². The molecule has 0 bridgehead atoms. The van der Waals surface area contributed by atoms with E-state index in [0.29, 0.717) is 22.4 Å². The summed E-state index contributed by atoms with van der Waals surface area (Å²) in [5.74, 6) is -0.938. The number of nitrogens with one attached hydrogen (secondary N) is 1. The van der Waals surface area contributed by atoms with E-state index in [2.05, 4.69) is 9.97 Å². The molecule has 5 heteroatoms. The average Bonchev–Trinajstić information content (AvgIpc) is 2.85. The van der Waals surface area contributed by atoms with Crippen LogP contribution in [0.1, 0.15) is 15.9 Å². The van der Waals surface area contributed by atoms with Crippen LogP contribution in [0.25, 0.3) is 22.2 Å². The zero-order valence-corrected chi connectivity index (χ0v) is 10.8. The molecule has 0 saturated heterocycles. The molecule has 0 spiro atoms. The first kappa shape index (κ1) is 12.3. The van der Waals surface area contributed by atoms with Gasteiger partial charge in [-0.25, -0.2) is 4.39 Å². The van der Waals surface area contributed by atoms with E-state index < -0.39 is 11.7 Å². The number of rotatable bonds is 2. The first-order valence-corrected chi connectivity index (χ1v) is 6.10. The van der Waals surface area contributed by atoms with E-state index in [0.717, 1.165) is 10.9 Å². The van der Waals surface area contributed by atoms with E-state index in [-0.39, 0.29) is 0 Å². The molecular weight excluding hydrogens is 257 g/mol. The monoisotopic (exact) mass is 269 g/mol. The molecule has 0 unspecified atom stereocenters. The number of nitrogens with two attached hydrogens (primary N) is 1. The number of primary amides is 1. The van der Waals surface area contributed by atoms with Crippen LogP contribution >= 0.6 is 0 Å². The van der Waals surface area contributed by atoms with E-state index in [9.17, 15) is 9.18 Å². The van der Waals surface area contributed by atoms with Gasteiger partial charge in [-0.15, -0.1) is 0 Å². The summed E-state index contributed by atoms with van der Waals surface area (Å²) >= 11 is 0. The number of carbonyl (C=O) groups excluding carboxylic acids is 1. The highest BCUT2D eigenvalue weighted by molar-refractivity contribution is 5.96. The second kappa shape index (κ2) is 4.45. The third kappa shape index (κ3) is 1.84. The van der Waals surface area contributed by atoms with Crippen LogP contribution in [0.15, 0.2) is 36.7 Å². The van der Waals surface area contributed by atoms with Crippen LogP contribution in [-0.2, 0) is 0 Å². The molecule has 2 aromatic heterocycles. The van der Waals surface area contributed by atoms with E-state index in [1.807, 2.05) is 6.07 Å². The molecule has 3 aromatic rings. The molecule has 0 saturated carbocycles. The number of benzene rings is 1. The maximum Gasteiger partial charge on any atom is 0.249 e. The van der Waals surface area contributed by atoms with Gasteiger partial charge in [0, 0.05) is 34.4 Å². The van der Waals surface area contributed by atoms with Gasteiger partial charge >= 0.3 is 0 Å². The molecule has 20 heavy (non-hydrogen) atoms. The lowest BCUT2D eigenvalue weighted by Crippen LogP contribution is -2.13. The fraction of sp³-hybridized carbons (Fsp3) is 0.0667. The van der Waals surface area contributed by atoms with Gasteiger partial charge in [-0.2, -0.15) is 0 Å². The first-order chi connectivity index (χ1) is 9.58. The lowest BCUT2D eigenvalue weighted by molar-refractivity contribution is 0.0999. The van der Waals surface area contributed by atoms with Crippen molar-refractivity contribution in [2.75, 3.05) is 0 Å². The largest absolute Gasteiger partial charge is 0.366 e. The van der Waals surface area contributed by atoms with Gasteiger partial charge in [0.05, 0.1) is 5.69 Å². The maximum atomic E-state index is 14.2. The summed E-state index contributed by atoms with van der Waals surface area (Å²) in [7, 11) is 0. The van der Waals surface area contributed by atoms with Crippen LogP contribution in [0.5, 0.6) is 0 Å². The molecule has 0 aliphatic rings. The Morgan fingerprint density at radius 1 is 1.35 bits per heavy atom. The van der Waals surface area contributed by atoms with Gasteiger partial charge < -0.3 is 10.7 Å². The fourth-order valence-corrected chi connectivity index (χ4v) is 2.33. The molecule has 100 valence electrons. The predicted molar refractivity (Wildman–Crippen MR) is 74.7 cm³/mol. The van der Waals surface area contributed by atoms with Crippen molar-refractivity contribution in [3.8, 4) is 11.3 Å². The van der Waals surface area contributed by atoms with Gasteiger partial charge in [-0.1, -0.05) is 0 Å². The van der Waals surface area contributed by atoms with Crippen molar-refractivity contribution < 1.29 is 9.18 Å². The third-order valence-electron chi connectivity index (χ3n) is 3.37. The SMILES string of the molecule is Cc1c(C(N)=O)ccnc1-c1cc2cc[nH]c2cc1F. The summed E-state index contributed by atoms with van der Waals surface area (Å²) in [4.78, 5) is 18.5. The zero-order valence-electron chi connectivity index (χ0n) is 10.8. The molecule has 0 atom stereocenters. The summed E-state index contributed by atoms with van der Waals surface area (Å²) in [6, 6.07) is 6.52. The minimum Gasteiger partial charge on any atom is -0.366 e. The molecule has 3 rings (SSSR count). The van der Waals surface area contributed by atoms with Gasteiger partial charge in [-0.3, -0.25) is 9.78 Å². The smallest absolute Gasteiger partial charge is 0.249 e. The number of nitrogens with zero attached hydrogens (tertiary/aromatic N) is 1. The normalized spacial score (nSPS) is 10.9. The van der Waals surface area contributed by atoms with E-state index in [1.54, 1.807) is 19.2 Å². The highest BCUT2D eigenvalue weighted by Crippen LogP contribution is 2.29. The second-order valence-corrected chi connectivity index (χ2v) is 4.59. The molecule has 0 aliphatic carbocycles. The number of pyridine rings is 1. The van der Waals surface area contributed by atoms with Gasteiger partial charge in [0.25, 0.3) is 0 Å². The van der Waals surface area contributed by atoms with Crippen molar-refractivity contribution in [1.82, 2.24) is 9.97 Å². The predicted octanol–water partition coefficient (Wildman–Crippen LogP) is 2.78. The van der Waals surface area contributed by atoms with Crippen LogP contribution in [0.2, 0.25) is 0 Å². The molecular formula is C15H12FN3O. The lowest BCUT2D eigenvalue weighted by Gasteiger charge is -2.09. The second-order valence-electron chi connectivity index (χ2n) is 4.59. The van der Waals surface area contributed by atoms with Crippen molar-refractivity contribution in [3.63, 3.8) is 0 Å². The number of H-pyrrole nitrogens is 1. The summed E-state index contributed by atoms with van der Waals surface area (Å²) < 4.78 is 14.2. The number of aromatic nitrogens is 2. The number of halogens is 1. The average molecular weight is 269 g/mol. The summed E-state index contributed by atoms with van der Waals surface area (Å²) in [5, 5.41) is 0.882. The molecule has 2 heterocycles. The lowest BCUT2D eigenvalue weighted by atomic mass is 10.0. The number of carbonyl (C=O) groups is 1. The van der Waals surface area contributed by atoms with Gasteiger partial charge in [0.1, 0.15) is 5.82 Å². The van der Waals surface area contributed by atoms with Crippen LogP contribution in [-0.4, -0.2) is 15.9 Å². The van der Waals surface area contributed by atoms with Crippen LogP contribution in [0, 0.1) is 12.7 Å². The maximum absolute atomic E-state index is 14.2. The quantitative estimate of drug-likeness (QED) is 0.750. The molecule has 0 aliphatic heterocycles. The fourth-order valence-electron chi connectivity index (χ4n) is 2.33. The minimum atomic E-state index is -0.547. The van der Waals surface area contributed by atoms with Gasteiger partial charge in [-0.05, 0) is 36.8 Å². The Kier molecular flexibility index (Phi) is 2.75. The van der Waals surface area contributed by atoms with Crippen molar-refractivity contribution >= 4 is 16.8 Å². The van der Waals surface area contributed by atoms with Crippen molar-refractivity contribution in [3.05, 3.63) is 53.6 Å². The molecule has 1 amide bonds. The Morgan fingerprint density at radius 3 is 2.90 bits per heavy atom. The van der Waals surface area contributed by atoms with Crippen LogP contribution in [0.4, 0.5) is 4.39 Å². The summed E-state index contributed by atoms with van der Waals surface area (Å²) in [6.45, 7) is 1.71. The van der Waals surface area contributed by atoms with E-state index in [1.165, 1.54) is 18.3 Å². The van der Waals surface area contributed by atoms with Gasteiger partial charge in [0.2, 0.25) is 5.91 Å². The van der Waals surface area contributed by atoms with Crippen molar-refractivity contribution in [2.45, 2.75) is 6.92 Å². The molecule has 1 aromatic carbocycles. The molecule has 0 radical (unpaired) electrons. The molecule has 4 nitrogen and oxygen atoms in total. The zero-order chi connectivity index (χ0) is 14.3. The number of amides is 1. The van der Waals surface area contributed by atoms with Gasteiger partial charge in [0.15, 0.2) is 0 Å². The standard InChI is InChI=1S/C15H12FN3O/c1-8-10(15(17)20)3-5-19-14(8)11-6-9-2-4-18-13(9)7-12(11)16/h2-7,18H,1H3,(H2,17,20). The number of hydrogen-bond donors (Lipinski definition) is 2. The Morgan fingerprint density at radius 2 is 2.15 bits per heavy atom. The third-order valence-corrected chi connectivity index (χ3v) is 3.37. The Balaban J connectivity index is 2.27. The highest BCUT2D eigenvalue weighted by atomic mass is 19.1. The Bertz CT molecular complexity index is 823. The van der Waals surface area contributed by atoms with E-state index in [4.69, 9.17) is 5.73 Å². The first-order valence-electron chi connectivity index (χ1n) is 6.10. The van der Waals surface area contributed by atoms with E-state index >= 15 is 0 Å². The summed E-state index contributed by atoms with van der Waals surface area (Å²) in [6.07, 6.45) is 3.21. The topological polar surface area (TPSA) is 71.8 Å². The number of hydrogen-bond acceptors (Lipinski definition) is 2. The summed E-state index contributed by atoms with van der Waals surface area (Å²) in [5.41, 5.74) is 7.75. The Labute approximate surface area is 114 Å². The molecule has 0 fully saturated rings.